The van der Waals surface area contributed by atoms with Crippen molar-refractivity contribution in [1.82, 2.24) is 24.4 Å². The summed E-state index contributed by atoms with van der Waals surface area (Å²) < 4.78 is 2.94. The van der Waals surface area contributed by atoms with E-state index in [-0.39, 0.29) is 17.6 Å². The standard InChI is InChI=1S/C17H21N5O2/c1-2-10-20-11-5-7-14(20)16(23)18-9-6-13-22-17(24)21-12-4-3-8-15(21)19-22/h1,3-4,8,12,14H,5-7,9-11,13H2,(H,18,23)/t14-/m0/s1. The van der Waals surface area contributed by atoms with Gasteiger partial charge in [-0.1, -0.05) is 12.0 Å². The molecule has 126 valence electrons. The molecule has 0 spiro atoms. The van der Waals surface area contributed by atoms with E-state index < -0.39 is 0 Å². The third kappa shape index (κ3) is 3.34. The molecule has 0 radical (unpaired) electrons. The highest BCUT2D eigenvalue weighted by atomic mass is 16.2. The van der Waals surface area contributed by atoms with E-state index in [2.05, 4.69) is 16.3 Å². The number of nitrogens with one attached hydrogen (secondary N) is 1. The maximum atomic E-state index is 12.2. The minimum Gasteiger partial charge on any atom is -0.355 e. The van der Waals surface area contributed by atoms with Crippen LogP contribution in [0.1, 0.15) is 19.3 Å². The minimum absolute atomic E-state index is 0.0186. The summed E-state index contributed by atoms with van der Waals surface area (Å²) in [6.45, 7) is 2.37. The highest BCUT2D eigenvalue weighted by molar-refractivity contribution is 5.82. The number of terminal acetylenes is 1. The SMILES string of the molecule is C#CCN1CCC[C@H]1C(=O)NCCCn1nc2ccccn2c1=O. The van der Waals surface area contributed by atoms with Crippen molar-refractivity contribution >= 4 is 11.6 Å². The zero-order chi connectivity index (χ0) is 16.9. The Labute approximate surface area is 140 Å². The van der Waals surface area contributed by atoms with Gasteiger partial charge in [-0.15, -0.1) is 11.5 Å². The highest BCUT2D eigenvalue weighted by Gasteiger charge is 2.29. The lowest BCUT2D eigenvalue weighted by Crippen LogP contribution is -2.43. The lowest BCUT2D eigenvalue weighted by atomic mass is 10.2. The number of fused-ring (bicyclic) bond motifs is 1. The number of pyridine rings is 1. The summed E-state index contributed by atoms with van der Waals surface area (Å²) in [6.07, 6.45) is 9.53. The molecule has 0 saturated carbocycles. The first-order valence-corrected chi connectivity index (χ1v) is 8.20. The van der Waals surface area contributed by atoms with Crippen LogP contribution in [0.5, 0.6) is 0 Å². The predicted octanol–water partition coefficient (Wildman–Crippen LogP) is 0.0999. The zero-order valence-electron chi connectivity index (χ0n) is 13.5. The maximum absolute atomic E-state index is 12.2. The molecule has 0 aromatic carbocycles. The molecule has 0 bridgehead atoms. The van der Waals surface area contributed by atoms with E-state index in [4.69, 9.17) is 6.42 Å². The number of likely N-dealkylation sites (tertiary alicyclic amines) is 1. The number of amides is 1. The van der Waals surface area contributed by atoms with E-state index in [1.807, 2.05) is 11.0 Å². The van der Waals surface area contributed by atoms with Crippen LogP contribution in [0.3, 0.4) is 0 Å². The van der Waals surface area contributed by atoms with Gasteiger partial charge in [-0.25, -0.2) is 9.48 Å². The Morgan fingerprint density at radius 2 is 2.33 bits per heavy atom. The van der Waals surface area contributed by atoms with Gasteiger partial charge in [0.25, 0.3) is 0 Å². The van der Waals surface area contributed by atoms with Crippen LogP contribution >= 0.6 is 0 Å². The molecule has 0 aliphatic carbocycles. The molecule has 1 saturated heterocycles. The fraction of sp³-hybridized carbons (Fsp3) is 0.471. The molecule has 7 nitrogen and oxygen atoms in total. The molecule has 1 amide bonds. The maximum Gasteiger partial charge on any atom is 0.350 e. The number of aromatic nitrogens is 3. The minimum atomic E-state index is -0.159. The van der Waals surface area contributed by atoms with Crippen LogP contribution in [-0.4, -0.2) is 50.7 Å². The summed E-state index contributed by atoms with van der Waals surface area (Å²) in [7, 11) is 0. The van der Waals surface area contributed by atoms with Crippen molar-refractivity contribution in [3.63, 3.8) is 0 Å². The number of aryl methyl sites for hydroxylation is 1. The lowest BCUT2D eigenvalue weighted by Gasteiger charge is -2.21. The van der Waals surface area contributed by atoms with Crippen molar-refractivity contribution in [3.05, 3.63) is 34.9 Å². The third-order valence-corrected chi connectivity index (χ3v) is 4.30. The molecule has 3 rings (SSSR count). The zero-order valence-corrected chi connectivity index (χ0v) is 13.5. The van der Waals surface area contributed by atoms with Gasteiger partial charge in [0.15, 0.2) is 5.65 Å². The van der Waals surface area contributed by atoms with Crippen molar-refractivity contribution < 1.29 is 4.79 Å². The van der Waals surface area contributed by atoms with E-state index in [1.54, 1.807) is 18.3 Å². The first-order valence-electron chi connectivity index (χ1n) is 8.20. The summed E-state index contributed by atoms with van der Waals surface area (Å²) in [5, 5.41) is 7.20. The number of hydrogen-bond donors (Lipinski definition) is 1. The average molecular weight is 327 g/mol. The normalized spacial score (nSPS) is 17.9. The van der Waals surface area contributed by atoms with Crippen LogP contribution in [0, 0.1) is 12.3 Å². The molecular weight excluding hydrogens is 306 g/mol. The molecule has 1 aliphatic heterocycles. The smallest absolute Gasteiger partial charge is 0.350 e. The van der Waals surface area contributed by atoms with E-state index >= 15 is 0 Å². The molecule has 1 N–H and O–H groups in total. The third-order valence-electron chi connectivity index (χ3n) is 4.30. The lowest BCUT2D eigenvalue weighted by molar-refractivity contribution is -0.125. The van der Waals surface area contributed by atoms with Crippen LogP contribution in [0.2, 0.25) is 0 Å². The van der Waals surface area contributed by atoms with E-state index in [1.165, 1.54) is 9.08 Å². The Hall–Kier alpha value is -2.59. The number of carbonyl (C=O) groups is 1. The van der Waals surface area contributed by atoms with Crippen molar-refractivity contribution in [2.45, 2.75) is 31.8 Å². The fourth-order valence-corrected chi connectivity index (χ4v) is 3.10. The molecule has 7 heteroatoms. The van der Waals surface area contributed by atoms with Crippen LogP contribution in [0.4, 0.5) is 0 Å². The van der Waals surface area contributed by atoms with E-state index in [0.29, 0.717) is 31.7 Å². The molecular formula is C17H21N5O2. The van der Waals surface area contributed by atoms with Crippen LogP contribution in [0.25, 0.3) is 5.65 Å². The second kappa shape index (κ2) is 7.32. The Morgan fingerprint density at radius 1 is 1.46 bits per heavy atom. The Kier molecular flexibility index (Phi) is 4.96. The molecule has 1 aliphatic rings. The molecule has 24 heavy (non-hydrogen) atoms. The van der Waals surface area contributed by atoms with Crippen molar-refractivity contribution in [3.8, 4) is 12.3 Å². The van der Waals surface area contributed by atoms with Crippen molar-refractivity contribution in [1.29, 1.82) is 0 Å². The Morgan fingerprint density at radius 3 is 3.12 bits per heavy atom. The Bertz CT molecular complexity index is 816. The van der Waals surface area contributed by atoms with Gasteiger partial charge >= 0.3 is 5.69 Å². The summed E-state index contributed by atoms with van der Waals surface area (Å²) >= 11 is 0. The van der Waals surface area contributed by atoms with E-state index in [9.17, 15) is 9.59 Å². The van der Waals surface area contributed by atoms with Crippen LogP contribution in [-0.2, 0) is 11.3 Å². The summed E-state index contributed by atoms with van der Waals surface area (Å²) in [6, 6.07) is 5.30. The van der Waals surface area contributed by atoms with Gasteiger partial charge in [0.1, 0.15) is 0 Å². The average Bonchev–Trinajstić information content (AvgIpc) is 3.17. The summed E-state index contributed by atoms with van der Waals surface area (Å²) in [5.74, 6) is 2.62. The molecule has 1 atom stereocenters. The van der Waals surface area contributed by atoms with Gasteiger partial charge in [-0.05, 0) is 37.9 Å². The summed E-state index contributed by atoms with van der Waals surface area (Å²) in [5.41, 5.74) is 0.468. The molecule has 3 heterocycles. The highest BCUT2D eigenvalue weighted by Crippen LogP contribution is 2.16. The van der Waals surface area contributed by atoms with Crippen molar-refractivity contribution in [2.24, 2.45) is 0 Å². The first-order chi connectivity index (χ1) is 11.7. The predicted molar refractivity (Wildman–Crippen MR) is 90.5 cm³/mol. The van der Waals surface area contributed by atoms with Gasteiger partial charge in [0, 0.05) is 19.3 Å². The fourth-order valence-electron chi connectivity index (χ4n) is 3.10. The summed E-state index contributed by atoms with van der Waals surface area (Å²) in [4.78, 5) is 26.4. The number of nitrogens with zero attached hydrogens (tertiary/aromatic N) is 4. The van der Waals surface area contributed by atoms with Gasteiger partial charge < -0.3 is 5.32 Å². The topological polar surface area (TPSA) is 71.6 Å². The molecule has 2 aromatic heterocycles. The largest absolute Gasteiger partial charge is 0.355 e. The number of rotatable bonds is 6. The van der Waals surface area contributed by atoms with Gasteiger partial charge in [-0.2, -0.15) is 0 Å². The van der Waals surface area contributed by atoms with Gasteiger partial charge in [0.05, 0.1) is 12.6 Å². The number of carbonyl (C=O) groups excluding carboxylic acids is 1. The monoisotopic (exact) mass is 327 g/mol. The second-order valence-corrected chi connectivity index (χ2v) is 5.91. The van der Waals surface area contributed by atoms with E-state index in [0.717, 1.165) is 19.4 Å². The molecule has 0 unspecified atom stereocenters. The first kappa shape index (κ1) is 16.3. The quantitative estimate of drug-likeness (QED) is 0.603. The van der Waals surface area contributed by atoms with Gasteiger partial charge in [-0.3, -0.25) is 14.1 Å². The van der Waals surface area contributed by atoms with Crippen LogP contribution in [0.15, 0.2) is 29.2 Å². The van der Waals surface area contributed by atoms with Gasteiger partial charge in [0.2, 0.25) is 5.91 Å². The molecule has 2 aromatic rings. The second-order valence-electron chi connectivity index (χ2n) is 5.91. The Balaban J connectivity index is 1.50. The number of hydrogen-bond acceptors (Lipinski definition) is 4. The van der Waals surface area contributed by atoms with Crippen molar-refractivity contribution in [2.75, 3.05) is 19.6 Å². The van der Waals surface area contributed by atoms with Crippen LogP contribution < -0.4 is 11.0 Å². The molecule has 1 fully saturated rings.